The van der Waals surface area contributed by atoms with Crippen LogP contribution < -0.4 is 10.0 Å². The maximum atomic E-state index is 14.0. The van der Waals surface area contributed by atoms with Crippen molar-refractivity contribution in [1.82, 2.24) is 4.31 Å². The molecule has 1 saturated heterocycles. The summed E-state index contributed by atoms with van der Waals surface area (Å²) in [6, 6.07) is 25.1. The van der Waals surface area contributed by atoms with Crippen LogP contribution in [0.2, 0.25) is 0 Å². The predicted octanol–water partition coefficient (Wildman–Crippen LogP) is 3.05. The molecule has 1 heterocycles. The van der Waals surface area contributed by atoms with Gasteiger partial charge in [0.15, 0.2) is 0 Å². The van der Waals surface area contributed by atoms with Gasteiger partial charge in [0.2, 0.25) is 26.0 Å². The molecule has 5 rings (SSSR count). The van der Waals surface area contributed by atoms with Crippen molar-refractivity contribution < 1.29 is 26.4 Å². The third kappa shape index (κ3) is 5.34. The summed E-state index contributed by atoms with van der Waals surface area (Å²) in [5.74, 6) is -1.30. The zero-order chi connectivity index (χ0) is 27.8. The van der Waals surface area contributed by atoms with Gasteiger partial charge in [0.25, 0.3) is 5.91 Å². The summed E-state index contributed by atoms with van der Waals surface area (Å²) < 4.78 is 52.3. The van der Waals surface area contributed by atoms with Crippen molar-refractivity contribution in [2.45, 2.75) is 28.7 Å². The third-order valence-electron chi connectivity index (χ3n) is 6.69. The number of carbonyl (C=O) groups is 2. The fourth-order valence-electron chi connectivity index (χ4n) is 4.69. The minimum absolute atomic E-state index is 0.0189. The molecule has 39 heavy (non-hydrogen) atoms. The molecule has 4 aromatic rings. The highest BCUT2D eigenvalue weighted by Crippen LogP contribution is 2.31. The van der Waals surface area contributed by atoms with Gasteiger partial charge in [-0.2, -0.15) is 4.31 Å². The van der Waals surface area contributed by atoms with E-state index in [2.05, 4.69) is 0 Å². The SMILES string of the molecule is NS(=O)(=O)c1ccc(N2C(=O)CC(N(CCc3ccccc3)S(=O)(=O)c3ccc4ccccc4c3)C2=O)cc1. The first-order valence-electron chi connectivity index (χ1n) is 12.1. The molecule has 4 aromatic carbocycles. The van der Waals surface area contributed by atoms with Gasteiger partial charge in [-0.1, -0.05) is 60.7 Å². The molecule has 1 aliphatic rings. The van der Waals surface area contributed by atoms with Crippen LogP contribution in [0.3, 0.4) is 0 Å². The lowest BCUT2D eigenvalue weighted by molar-refractivity contribution is -0.122. The van der Waals surface area contributed by atoms with Crippen LogP contribution in [0.25, 0.3) is 10.8 Å². The summed E-state index contributed by atoms with van der Waals surface area (Å²) in [4.78, 5) is 27.4. The minimum atomic E-state index is -4.20. The molecule has 1 atom stereocenters. The highest BCUT2D eigenvalue weighted by molar-refractivity contribution is 7.89. The van der Waals surface area contributed by atoms with Crippen LogP contribution in [0.5, 0.6) is 0 Å². The number of primary sulfonamides is 1. The van der Waals surface area contributed by atoms with Crippen LogP contribution >= 0.6 is 0 Å². The van der Waals surface area contributed by atoms with Gasteiger partial charge in [0.1, 0.15) is 6.04 Å². The molecule has 0 spiro atoms. The minimum Gasteiger partial charge on any atom is -0.274 e. The van der Waals surface area contributed by atoms with E-state index in [1.807, 2.05) is 48.5 Å². The molecule has 0 aliphatic carbocycles. The Labute approximate surface area is 226 Å². The van der Waals surface area contributed by atoms with E-state index in [-0.39, 0.29) is 28.4 Å². The first kappa shape index (κ1) is 26.7. The second-order valence-electron chi connectivity index (χ2n) is 9.19. The van der Waals surface area contributed by atoms with E-state index in [1.54, 1.807) is 18.2 Å². The van der Waals surface area contributed by atoms with Crippen molar-refractivity contribution in [2.75, 3.05) is 11.4 Å². The molecule has 2 amide bonds. The number of fused-ring (bicyclic) bond motifs is 1. The van der Waals surface area contributed by atoms with Crippen LogP contribution in [-0.2, 0) is 36.1 Å². The average Bonchev–Trinajstić information content (AvgIpc) is 3.21. The quantitative estimate of drug-likeness (QED) is 0.328. The Morgan fingerprint density at radius 2 is 1.38 bits per heavy atom. The van der Waals surface area contributed by atoms with Gasteiger partial charge >= 0.3 is 0 Å². The van der Waals surface area contributed by atoms with Crippen molar-refractivity contribution in [1.29, 1.82) is 0 Å². The summed E-state index contributed by atoms with van der Waals surface area (Å²) in [5.41, 5.74) is 1.01. The highest BCUT2D eigenvalue weighted by atomic mass is 32.2. The number of amides is 2. The standard InChI is InChI=1S/C28H25N3O6S2/c29-38(34,35)24-14-11-23(12-15-24)31-27(32)19-26(28(31)33)30(17-16-20-6-2-1-3-7-20)39(36,37)25-13-10-21-8-4-5-9-22(21)18-25/h1-15,18,26H,16-17,19H2,(H2,29,34,35). The molecule has 11 heteroatoms. The number of carbonyl (C=O) groups excluding carboxylic acids is 2. The average molecular weight is 564 g/mol. The second-order valence-corrected chi connectivity index (χ2v) is 12.6. The molecule has 0 saturated carbocycles. The number of nitrogens with zero attached hydrogens (tertiary/aromatic N) is 2. The molecule has 0 aromatic heterocycles. The number of anilines is 1. The molecule has 1 aliphatic heterocycles. The van der Waals surface area contributed by atoms with E-state index < -0.39 is 37.9 Å². The molecule has 0 bridgehead atoms. The van der Waals surface area contributed by atoms with E-state index in [4.69, 9.17) is 5.14 Å². The Hall–Kier alpha value is -3.90. The molecule has 0 radical (unpaired) electrons. The van der Waals surface area contributed by atoms with Crippen LogP contribution in [0.4, 0.5) is 5.69 Å². The Kier molecular flexibility index (Phi) is 7.08. The highest BCUT2D eigenvalue weighted by Gasteiger charge is 2.46. The lowest BCUT2D eigenvalue weighted by Gasteiger charge is -2.27. The van der Waals surface area contributed by atoms with Gasteiger partial charge < -0.3 is 0 Å². The first-order chi connectivity index (χ1) is 18.6. The van der Waals surface area contributed by atoms with Crippen LogP contribution in [0.15, 0.2) is 107 Å². The lowest BCUT2D eigenvalue weighted by atomic mass is 10.1. The number of benzene rings is 4. The molecule has 2 N–H and O–H groups in total. The third-order valence-corrected chi connectivity index (χ3v) is 9.52. The molecule has 1 unspecified atom stereocenters. The molecule has 200 valence electrons. The molecule has 9 nitrogen and oxygen atoms in total. The monoisotopic (exact) mass is 563 g/mol. The van der Waals surface area contributed by atoms with Gasteiger partial charge in [-0.05, 0) is 59.2 Å². The fraction of sp³-hybridized carbons (Fsp3) is 0.143. The number of rotatable bonds is 8. The maximum Gasteiger partial charge on any atom is 0.252 e. The predicted molar refractivity (Wildman–Crippen MR) is 147 cm³/mol. The van der Waals surface area contributed by atoms with E-state index in [0.29, 0.717) is 6.42 Å². The normalized spacial score (nSPS) is 16.4. The van der Waals surface area contributed by atoms with Crippen molar-refractivity contribution >= 4 is 48.3 Å². The van der Waals surface area contributed by atoms with Crippen molar-refractivity contribution in [3.8, 4) is 0 Å². The van der Waals surface area contributed by atoms with E-state index >= 15 is 0 Å². The summed E-state index contributed by atoms with van der Waals surface area (Å²) in [7, 11) is -8.17. The van der Waals surface area contributed by atoms with Crippen LogP contribution in [0.1, 0.15) is 12.0 Å². The van der Waals surface area contributed by atoms with Crippen molar-refractivity contribution in [3.05, 3.63) is 103 Å². The van der Waals surface area contributed by atoms with Gasteiger partial charge in [-0.3, -0.25) is 9.59 Å². The van der Waals surface area contributed by atoms with E-state index in [9.17, 15) is 26.4 Å². The smallest absolute Gasteiger partial charge is 0.252 e. The van der Waals surface area contributed by atoms with Gasteiger partial charge in [0, 0.05) is 6.54 Å². The summed E-state index contributed by atoms with van der Waals surface area (Å²) in [5, 5.41) is 6.74. The van der Waals surface area contributed by atoms with Crippen LogP contribution in [-0.4, -0.2) is 45.5 Å². The number of sulfonamides is 2. The molecular formula is C28H25N3O6S2. The molecule has 1 fully saturated rings. The largest absolute Gasteiger partial charge is 0.274 e. The van der Waals surface area contributed by atoms with E-state index in [1.165, 1.54) is 30.3 Å². The summed E-state index contributed by atoms with van der Waals surface area (Å²) in [6.07, 6.45) is -0.0218. The molecular weight excluding hydrogens is 538 g/mol. The number of imide groups is 1. The number of hydrogen-bond acceptors (Lipinski definition) is 6. The zero-order valence-corrected chi connectivity index (χ0v) is 22.3. The lowest BCUT2D eigenvalue weighted by Crippen LogP contribution is -2.46. The van der Waals surface area contributed by atoms with Crippen molar-refractivity contribution in [2.24, 2.45) is 5.14 Å². The van der Waals surface area contributed by atoms with Gasteiger partial charge in [0.05, 0.1) is 21.9 Å². The fourth-order valence-corrected chi connectivity index (χ4v) is 6.82. The Balaban J connectivity index is 1.51. The first-order valence-corrected chi connectivity index (χ1v) is 15.1. The number of nitrogens with two attached hydrogens (primary N) is 1. The zero-order valence-electron chi connectivity index (χ0n) is 20.7. The summed E-state index contributed by atoms with van der Waals surface area (Å²) in [6.45, 7) is -0.0267. The van der Waals surface area contributed by atoms with Gasteiger partial charge in [-0.25, -0.2) is 26.9 Å². The summed E-state index contributed by atoms with van der Waals surface area (Å²) >= 11 is 0. The topological polar surface area (TPSA) is 135 Å². The Morgan fingerprint density at radius 1 is 0.769 bits per heavy atom. The van der Waals surface area contributed by atoms with Gasteiger partial charge in [-0.15, -0.1) is 0 Å². The Morgan fingerprint density at radius 3 is 2.05 bits per heavy atom. The number of hydrogen-bond donors (Lipinski definition) is 1. The van der Waals surface area contributed by atoms with Crippen molar-refractivity contribution in [3.63, 3.8) is 0 Å². The Bertz CT molecular complexity index is 1770. The maximum absolute atomic E-state index is 14.0. The van der Waals surface area contributed by atoms with E-state index in [0.717, 1.165) is 25.5 Å². The second kappa shape index (κ2) is 10.3. The van der Waals surface area contributed by atoms with Crippen LogP contribution in [0, 0.1) is 0 Å².